The zero-order chi connectivity index (χ0) is 21.5. The Morgan fingerprint density at radius 2 is 2.03 bits per heavy atom. The van der Waals surface area contributed by atoms with Crippen molar-refractivity contribution in [2.75, 3.05) is 19.6 Å². The van der Waals surface area contributed by atoms with E-state index in [1.807, 2.05) is 60.3 Å². The summed E-state index contributed by atoms with van der Waals surface area (Å²) in [6.45, 7) is 6.88. The first-order valence-electron chi connectivity index (χ1n) is 10.4. The SMILES string of the molecule is Cc1cn2cc(C3=CC(=O)N4C=C(N5CCN[C@H](C)C5)C=C/C4=C\C=C3)cc(Cl)c2n1. The Hall–Kier alpha value is -3.09. The summed E-state index contributed by atoms with van der Waals surface area (Å²) in [7, 11) is 0. The van der Waals surface area contributed by atoms with E-state index in [1.165, 1.54) is 0 Å². The predicted octanol–water partition coefficient (Wildman–Crippen LogP) is 3.67. The highest BCUT2D eigenvalue weighted by Gasteiger charge is 2.23. The number of nitrogens with zero attached hydrogens (tertiary/aromatic N) is 4. The quantitative estimate of drug-likeness (QED) is 0.785. The summed E-state index contributed by atoms with van der Waals surface area (Å²) in [5.74, 6) is -0.0892. The van der Waals surface area contributed by atoms with Crippen molar-refractivity contribution in [3.8, 4) is 0 Å². The molecule has 0 radical (unpaired) electrons. The highest BCUT2D eigenvalue weighted by molar-refractivity contribution is 6.33. The van der Waals surface area contributed by atoms with Gasteiger partial charge in [0.25, 0.3) is 5.91 Å². The van der Waals surface area contributed by atoms with Gasteiger partial charge in [-0.2, -0.15) is 0 Å². The number of aromatic nitrogens is 2. The third-order valence-corrected chi connectivity index (χ3v) is 6.00. The van der Waals surface area contributed by atoms with Crippen molar-refractivity contribution in [2.45, 2.75) is 19.9 Å². The molecule has 7 heteroatoms. The Kier molecular flexibility index (Phi) is 5.04. The van der Waals surface area contributed by atoms with Gasteiger partial charge in [-0.25, -0.2) is 4.98 Å². The molecule has 6 nitrogen and oxygen atoms in total. The van der Waals surface area contributed by atoms with E-state index in [-0.39, 0.29) is 5.91 Å². The fourth-order valence-electron chi connectivity index (χ4n) is 4.20. The van der Waals surface area contributed by atoms with E-state index in [0.717, 1.165) is 47.9 Å². The van der Waals surface area contributed by atoms with Crippen molar-refractivity contribution in [1.82, 2.24) is 24.5 Å². The number of amides is 1. The molecule has 3 aliphatic heterocycles. The third-order valence-electron chi connectivity index (χ3n) is 5.72. The topological polar surface area (TPSA) is 52.9 Å². The van der Waals surface area contributed by atoms with Gasteiger partial charge in [0.1, 0.15) is 0 Å². The number of piperazine rings is 1. The molecule has 1 fully saturated rings. The lowest BCUT2D eigenvalue weighted by molar-refractivity contribution is -0.122. The number of aryl methyl sites for hydroxylation is 1. The van der Waals surface area contributed by atoms with E-state index in [0.29, 0.717) is 16.7 Å². The van der Waals surface area contributed by atoms with E-state index < -0.39 is 0 Å². The smallest absolute Gasteiger partial charge is 0.255 e. The number of fused-ring (bicyclic) bond motifs is 2. The second kappa shape index (κ2) is 7.87. The number of allylic oxidation sites excluding steroid dienone is 6. The zero-order valence-electron chi connectivity index (χ0n) is 17.5. The van der Waals surface area contributed by atoms with Gasteiger partial charge < -0.3 is 14.6 Å². The van der Waals surface area contributed by atoms with E-state index >= 15 is 0 Å². The van der Waals surface area contributed by atoms with Crippen LogP contribution in [-0.2, 0) is 4.79 Å². The number of halogens is 1. The lowest BCUT2D eigenvalue weighted by Gasteiger charge is -2.36. The molecule has 0 aliphatic carbocycles. The van der Waals surface area contributed by atoms with Gasteiger partial charge in [0, 0.05) is 61.6 Å². The minimum absolute atomic E-state index is 0.0892. The van der Waals surface area contributed by atoms with Gasteiger partial charge in [0.15, 0.2) is 5.65 Å². The summed E-state index contributed by atoms with van der Waals surface area (Å²) >= 11 is 6.46. The van der Waals surface area contributed by atoms with Crippen LogP contribution < -0.4 is 5.32 Å². The first-order valence-corrected chi connectivity index (χ1v) is 10.8. The molecule has 0 bridgehead atoms. The predicted molar refractivity (Wildman–Crippen MR) is 123 cm³/mol. The Labute approximate surface area is 186 Å². The number of nitrogens with one attached hydrogen (secondary N) is 1. The van der Waals surface area contributed by atoms with Crippen molar-refractivity contribution >= 4 is 28.7 Å². The molecule has 0 spiro atoms. The lowest BCUT2D eigenvalue weighted by Crippen LogP contribution is -2.48. The monoisotopic (exact) mass is 433 g/mol. The average molecular weight is 434 g/mol. The molecule has 1 N–H and O–H groups in total. The molecule has 0 saturated carbocycles. The molecule has 158 valence electrons. The molecule has 1 atom stereocenters. The number of pyridine rings is 1. The highest BCUT2D eigenvalue weighted by Crippen LogP contribution is 2.28. The van der Waals surface area contributed by atoms with Gasteiger partial charge in [-0.05, 0) is 43.7 Å². The van der Waals surface area contributed by atoms with Crippen LogP contribution in [0.4, 0.5) is 0 Å². The van der Waals surface area contributed by atoms with Crippen molar-refractivity contribution in [2.24, 2.45) is 0 Å². The van der Waals surface area contributed by atoms with Crippen LogP contribution in [0.2, 0.25) is 5.02 Å². The Bertz CT molecular complexity index is 1220. The molecule has 1 saturated heterocycles. The molecule has 2 aromatic heterocycles. The number of imidazole rings is 1. The summed E-state index contributed by atoms with van der Waals surface area (Å²) in [6, 6.07) is 2.28. The Balaban J connectivity index is 1.49. The maximum Gasteiger partial charge on any atom is 0.255 e. The fraction of sp³-hybridized carbons (Fsp3) is 0.250. The number of hydrogen-bond donors (Lipinski definition) is 1. The van der Waals surface area contributed by atoms with Crippen LogP contribution in [-0.4, -0.2) is 50.8 Å². The van der Waals surface area contributed by atoms with Crippen LogP contribution in [0, 0.1) is 6.92 Å². The minimum atomic E-state index is -0.0892. The van der Waals surface area contributed by atoms with Crippen LogP contribution in [0.3, 0.4) is 0 Å². The largest absolute Gasteiger partial charge is 0.368 e. The third kappa shape index (κ3) is 3.84. The molecule has 31 heavy (non-hydrogen) atoms. The average Bonchev–Trinajstić information content (AvgIpc) is 3.12. The Morgan fingerprint density at radius 1 is 1.19 bits per heavy atom. The van der Waals surface area contributed by atoms with Gasteiger partial charge in [0.05, 0.1) is 16.4 Å². The summed E-state index contributed by atoms with van der Waals surface area (Å²) in [5, 5.41) is 4.01. The summed E-state index contributed by atoms with van der Waals surface area (Å²) in [5.41, 5.74) is 5.18. The molecular formula is C24H24ClN5O. The summed E-state index contributed by atoms with van der Waals surface area (Å²) in [4.78, 5) is 21.7. The molecule has 2 aromatic rings. The zero-order valence-corrected chi connectivity index (χ0v) is 18.3. The molecule has 5 heterocycles. The van der Waals surface area contributed by atoms with Gasteiger partial charge >= 0.3 is 0 Å². The van der Waals surface area contributed by atoms with Crippen molar-refractivity contribution < 1.29 is 4.79 Å². The highest BCUT2D eigenvalue weighted by atomic mass is 35.5. The first kappa shape index (κ1) is 19.8. The first-order chi connectivity index (χ1) is 15.0. The molecular weight excluding hydrogens is 410 g/mol. The van der Waals surface area contributed by atoms with Crippen LogP contribution in [0.25, 0.3) is 11.2 Å². The van der Waals surface area contributed by atoms with Gasteiger partial charge in [0.2, 0.25) is 0 Å². The van der Waals surface area contributed by atoms with Crippen LogP contribution in [0.5, 0.6) is 0 Å². The standard InChI is InChI=1S/C24H24ClN5O/c1-16-12-28(9-8-26-16)21-7-6-20-5-3-4-18(11-23(31)30(20)15-21)19-10-22(25)24-27-17(2)13-29(24)14-19/h3-7,10-11,13-16,26H,8-9,12H2,1-2H3/b4-3?,18-11?,20-5+/t16-/m1/s1. The van der Waals surface area contributed by atoms with Gasteiger partial charge in [-0.15, -0.1) is 0 Å². The van der Waals surface area contributed by atoms with E-state index in [9.17, 15) is 4.79 Å². The number of hydrogen-bond acceptors (Lipinski definition) is 4. The second-order valence-corrected chi connectivity index (χ2v) is 8.54. The molecule has 5 rings (SSSR count). The molecule has 0 unspecified atom stereocenters. The molecule has 1 amide bonds. The van der Waals surface area contributed by atoms with E-state index in [4.69, 9.17) is 11.6 Å². The lowest BCUT2D eigenvalue weighted by atomic mass is 10.0. The fourth-order valence-corrected chi connectivity index (χ4v) is 4.46. The van der Waals surface area contributed by atoms with Crippen molar-refractivity contribution in [3.63, 3.8) is 0 Å². The molecule has 3 aliphatic rings. The summed E-state index contributed by atoms with van der Waals surface area (Å²) < 4.78 is 1.90. The van der Waals surface area contributed by atoms with E-state index in [2.05, 4.69) is 28.2 Å². The number of carbonyl (C=O) groups excluding carboxylic acids is 1. The van der Waals surface area contributed by atoms with Crippen LogP contribution in [0.15, 0.2) is 72.5 Å². The minimum Gasteiger partial charge on any atom is -0.368 e. The Morgan fingerprint density at radius 3 is 2.87 bits per heavy atom. The second-order valence-electron chi connectivity index (χ2n) is 8.14. The van der Waals surface area contributed by atoms with E-state index in [1.54, 1.807) is 11.0 Å². The van der Waals surface area contributed by atoms with Crippen molar-refractivity contribution in [3.05, 3.63) is 88.8 Å². The normalized spacial score (nSPS) is 23.1. The van der Waals surface area contributed by atoms with Crippen molar-refractivity contribution in [1.29, 1.82) is 0 Å². The maximum atomic E-state index is 13.2. The molecule has 0 aromatic carbocycles. The van der Waals surface area contributed by atoms with Gasteiger partial charge in [-0.3, -0.25) is 9.69 Å². The van der Waals surface area contributed by atoms with Gasteiger partial charge in [-0.1, -0.05) is 23.8 Å². The summed E-state index contributed by atoms with van der Waals surface area (Å²) in [6.07, 6.45) is 17.4. The maximum absolute atomic E-state index is 13.2. The number of carbonyl (C=O) groups is 1. The van der Waals surface area contributed by atoms with Crippen LogP contribution in [0.1, 0.15) is 18.2 Å². The van der Waals surface area contributed by atoms with Crippen LogP contribution >= 0.6 is 11.6 Å². The number of rotatable bonds is 2.